The smallest absolute Gasteiger partial charge is 0.303 e. The van der Waals surface area contributed by atoms with Crippen LogP contribution in [0.5, 0.6) is 0 Å². The van der Waals surface area contributed by atoms with E-state index < -0.39 is 5.97 Å². The number of carbonyl (C=O) groups is 2. The summed E-state index contributed by atoms with van der Waals surface area (Å²) in [6, 6.07) is 3.41. The van der Waals surface area contributed by atoms with Gasteiger partial charge in [-0.15, -0.1) is 0 Å². The zero-order valence-corrected chi connectivity index (χ0v) is 12.2. The zero-order valence-electron chi connectivity index (χ0n) is 12.2. The quantitative estimate of drug-likeness (QED) is 0.830. The van der Waals surface area contributed by atoms with Gasteiger partial charge in [0.2, 0.25) is 5.91 Å². The Morgan fingerprint density at radius 3 is 2.76 bits per heavy atom. The van der Waals surface area contributed by atoms with Crippen molar-refractivity contribution in [3.8, 4) is 0 Å². The molecule has 0 radical (unpaired) electrons. The molecule has 1 aromatic heterocycles. The third kappa shape index (κ3) is 4.60. The van der Waals surface area contributed by atoms with Gasteiger partial charge in [-0.25, -0.2) is 0 Å². The van der Waals surface area contributed by atoms with Crippen molar-refractivity contribution in [2.45, 2.75) is 38.8 Å². The van der Waals surface area contributed by atoms with Gasteiger partial charge in [0.1, 0.15) is 5.76 Å². The molecule has 0 bridgehead atoms. The van der Waals surface area contributed by atoms with E-state index in [1.807, 2.05) is 13.0 Å². The van der Waals surface area contributed by atoms with Crippen molar-refractivity contribution >= 4 is 11.9 Å². The first-order valence-electron chi connectivity index (χ1n) is 7.32. The fraction of sp³-hybridized carbons (Fsp3) is 0.600. The van der Waals surface area contributed by atoms with Crippen molar-refractivity contribution in [2.24, 2.45) is 5.92 Å². The Labute approximate surface area is 124 Å². The molecule has 1 aromatic rings. The fourth-order valence-electron chi connectivity index (χ4n) is 2.69. The second kappa shape index (κ2) is 7.26. The van der Waals surface area contributed by atoms with Crippen LogP contribution in [0.15, 0.2) is 22.8 Å². The number of aliphatic carboxylic acids is 1. The van der Waals surface area contributed by atoms with Crippen LogP contribution >= 0.6 is 0 Å². The molecule has 1 amide bonds. The van der Waals surface area contributed by atoms with Crippen LogP contribution in [0.4, 0.5) is 0 Å². The Kier molecular flexibility index (Phi) is 5.38. The van der Waals surface area contributed by atoms with Crippen LogP contribution in [0.2, 0.25) is 0 Å². The summed E-state index contributed by atoms with van der Waals surface area (Å²) in [5.74, 6) is 0.202. The SMILES string of the molecule is CC(C(=O)NCc1ccco1)N1CCC(CC(=O)O)CC1. The molecule has 2 heterocycles. The van der Waals surface area contributed by atoms with Crippen molar-refractivity contribution in [1.82, 2.24) is 10.2 Å². The molecular formula is C15H22N2O4. The van der Waals surface area contributed by atoms with Gasteiger partial charge in [0, 0.05) is 6.42 Å². The summed E-state index contributed by atoms with van der Waals surface area (Å²) in [6.45, 7) is 3.82. The van der Waals surface area contributed by atoms with E-state index >= 15 is 0 Å². The van der Waals surface area contributed by atoms with Crippen LogP contribution in [-0.4, -0.2) is 41.0 Å². The number of carbonyl (C=O) groups excluding carboxylic acids is 1. The highest BCUT2D eigenvalue weighted by Gasteiger charge is 2.27. The molecule has 2 rings (SSSR count). The molecule has 0 aromatic carbocycles. The molecule has 6 nitrogen and oxygen atoms in total. The molecule has 116 valence electrons. The zero-order chi connectivity index (χ0) is 15.2. The molecular weight excluding hydrogens is 272 g/mol. The number of carboxylic acids is 1. The van der Waals surface area contributed by atoms with Gasteiger partial charge < -0.3 is 14.8 Å². The fourth-order valence-corrected chi connectivity index (χ4v) is 2.69. The number of carboxylic acid groups (broad SMARTS) is 1. The molecule has 0 saturated carbocycles. The molecule has 21 heavy (non-hydrogen) atoms. The molecule has 2 N–H and O–H groups in total. The molecule has 1 aliphatic heterocycles. The topological polar surface area (TPSA) is 82.8 Å². The van der Waals surface area contributed by atoms with Gasteiger partial charge in [-0.1, -0.05) is 0 Å². The highest BCUT2D eigenvalue weighted by molar-refractivity contribution is 5.81. The number of nitrogens with zero attached hydrogens (tertiary/aromatic N) is 1. The molecule has 1 atom stereocenters. The van der Waals surface area contributed by atoms with E-state index in [1.165, 1.54) is 0 Å². The molecule has 1 saturated heterocycles. The predicted molar refractivity (Wildman–Crippen MR) is 76.6 cm³/mol. The molecule has 0 spiro atoms. The Hall–Kier alpha value is -1.82. The van der Waals surface area contributed by atoms with Crippen molar-refractivity contribution in [2.75, 3.05) is 13.1 Å². The Bertz CT molecular complexity index is 464. The van der Waals surface area contributed by atoms with Gasteiger partial charge >= 0.3 is 5.97 Å². The molecule has 0 aliphatic carbocycles. The summed E-state index contributed by atoms with van der Waals surface area (Å²) in [5, 5.41) is 11.7. The van der Waals surface area contributed by atoms with Crippen LogP contribution in [0, 0.1) is 5.92 Å². The Morgan fingerprint density at radius 1 is 1.48 bits per heavy atom. The third-order valence-electron chi connectivity index (χ3n) is 4.06. The summed E-state index contributed by atoms with van der Waals surface area (Å²) in [6.07, 6.45) is 3.48. The van der Waals surface area contributed by atoms with Crippen LogP contribution in [-0.2, 0) is 16.1 Å². The van der Waals surface area contributed by atoms with Gasteiger partial charge in [-0.2, -0.15) is 0 Å². The van der Waals surface area contributed by atoms with Crippen molar-refractivity contribution in [3.63, 3.8) is 0 Å². The minimum absolute atomic E-state index is 0.0249. The largest absolute Gasteiger partial charge is 0.481 e. The summed E-state index contributed by atoms with van der Waals surface area (Å²) >= 11 is 0. The molecule has 1 aliphatic rings. The number of likely N-dealkylation sites (tertiary alicyclic amines) is 1. The Morgan fingerprint density at radius 2 is 2.19 bits per heavy atom. The predicted octanol–water partition coefficient (Wildman–Crippen LogP) is 1.47. The number of amides is 1. The monoisotopic (exact) mass is 294 g/mol. The maximum Gasteiger partial charge on any atom is 0.303 e. The van der Waals surface area contributed by atoms with Crippen molar-refractivity contribution < 1.29 is 19.1 Å². The van der Waals surface area contributed by atoms with Crippen molar-refractivity contribution in [1.29, 1.82) is 0 Å². The van der Waals surface area contributed by atoms with Crippen LogP contribution in [0.1, 0.15) is 31.9 Å². The Balaban J connectivity index is 1.74. The maximum atomic E-state index is 12.1. The minimum Gasteiger partial charge on any atom is -0.481 e. The first-order chi connectivity index (χ1) is 10.1. The lowest BCUT2D eigenvalue weighted by Gasteiger charge is -2.34. The highest BCUT2D eigenvalue weighted by Crippen LogP contribution is 2.21. The summed E-state index contributed by atoms with van der Waals surface area (Å²) < 4.78 is 5.18. The van der Waals surface area contributed by atoms with Crippen molar-refractivity contribution in [3.05, 3.63) is 24.2 Å². The summed E-state index contributed by atoms with van der Waals surface area (Å²) in [5.41, 5.74) is 0. The van der Waals surface area contributed by atoms with Crippen LogP contribution in [0.25, 0.3) is 0 Å². The van der Waals surface area contributed by atoms with E-state index in [4.69, 9.17) is 9.52 Å². The van der Waals surface area contributed by atoms with E-state index in [-0.39, 0.29) is 24.3 Å². The van der Waals surface area contributed by atoms with E-state index in [0.717, 1.165) is 31.7 Å². The second-order valence-electron chi connectivity index (χ2n) is 5.55. The molecule has 1 fully saturated rings. The average Bonchev–Trinajstić information content (AvgIpc) is 2.97. The van der Waals surface area contributed by atoms with E-state index in [0.29, 0.717) is 6.54 Å². The lowest BCUT2D eigenvalue weighted by Crippen LogP contribution is -2.48. The number of hydrogen-bond donors (Lipinski definition) is 2. The van der Waals surface area contributed by atoms with Crippen LogP contribution < -0.4 is 5.32 Å². The molecule has 6 heteroatoms. The standard InChI is InChI=1S/C15H22N2O4/c1-11(15(20)16-10-13-3-2-8-21-13)17-6-4-12(5-7-17)9-14(18)19/h2-3,8,11-12H,4-7,9-10H2,1H3,(H,16,20)(H,18,19). The maximum absolute atomic E-state index is 12.1. The summed E-state index contributed by atoms with van der Waals surface area (Å²) in [4.78, 5) is 24.9. The molecule has 1 unspecified atom stereocenters. The summed E-state index contributed by atoms with van der Waals surface area (Å²) in [7, 11) is 0. The van der Waals surface area contributed by atoms with E-state index in [1.54, 1.807) is 12.3 Å². The third-order valence-corrected chi connectivity index (χ3v) is 4.06. The number of hydrogen-bond acceptors (Lipinski definition) is 4. The van der Waals surface area contributed by atoms with Gasteiger partial charge in [0.25, 0.3) is 0 Å². The second-order valence-corrected chi connectivity index (χ2v) is 5.55. The number of nitrogens with one attached hydrogen (secondary N) is 1. The van der Waals surface area contributed by atoms with Gasteiger partial charge in [-0.3, -0.25) is 14.5 Å². The van der Waals surface area contributed by atoms with E-state index in [2.05, 4.69) is 10.2 Å². The number of rotatable bonds is 6. The lowest BCUT2D eigenvalue weighted by atomic mass is 9.93. The van der Waals surface area contributed by atoms with E-state index in [9.17, 15) is 9.59 Å². The van der Waals surface area contributed by atoms with Gasteiger partial charge in [0.05, 0.1) is 18.8 Å². The van der Waals surface area contributed by atoms with Gasteiger partial charge in [-0.05, 0) is 50.9 Å². The number of furan rings is 1. The first kappa shape index (κ1) is 15.6. The highest BCUT2D eigenvalue weighted by atomic mass is 16.4. The number of piperidine rings is 1. The first-order valence-corrected chi connectivity index (χ1v) is 7.32. The average molecular weight is 294 g/mol. The minimum atomic E-state index is -0.738. The van der Waals surface area contributed by atoms with Gasteiger partial charge in [0.15, 0.2) is 0 Å². The van der Waals surface area contributed by atoms with Crippen LogP contribution in [0.3, 0.4) is 0 Å². The normalized spacial score (nSPS) is 18.3. The lowest BCUT2D eigenvalue weighted by molar-refractivity contribution is -0.138.